The van der Waals surface area contributed by atoms with Gasteiger partial charge in [0.1, 0.15) is 6.61 Å². The zero-order valence-electron chi connectivity index (χ0n) is 19.3. The molecule has 5 nitrogen and oxygen atoms in total. The quantitative estimate of drug-likeness (QED) is 0.397. The minimum atomic E-state index is -0.0285. The second-order valence-corrected chi connectivity index (χ2v) is 10.1. The van der Waals surface area contributed by atoms with Crippen LogP contribution in [0.3, 0.4) is 0 Å². The van der Waals surface area contributed by atoms with Crippen molar-refractivity contribution >= 4 is 44.8 Å². The molecule has 32 heavy (non-hydrogen) atoms. The van der Waals surface area contributed by atoms with E-state index in [4.69, 9.17) is 9.47 Å². The van der Waals surface area contributed by atoms with Crippen LogP contribution in [0.1, 0.15) is 44.4 Å². The van der Waals surface area contributed by atoms with Crippen molar-refractivity contribution in [1.29, 1.82) is 0 Å². The number of carbonyl (C=O) groups excluding carboxylic acids is 1. The highest BCUT2D eigenvalue weighted by atomic mass is 79.9. The van der Waals surface area contributed by atoms with Crippen LogP contribution in [0.2, 0.25) is 0 Å². The molecule has 1 saturated heterocycles. The van der Waals surface area contributed by atoms with Crippen LogP contribution in [-0.2, 0) is 11.4 Å². The topological polar surface area (TPSA) is 51.1 Å². The zero-order chi connectivity index (χ0) is 23.4. The van der Waals surface area contributed by atoms with Crippen LogP contribution in [-0.4, -0.2) is 35.2 Å². The Bertz CT molecular complexity index is 1060. The maximum Gasteiger partial charge on any atom is 0.266 e. The first-order valence-corrected chi connectivity index (χ1v) is 12.2. The van der Waals surface area contributed by atoms with E-state index in [2.05, 4.69) is 40.0 Å². The van der Waals surface area contributed by atoms with Crippen LogP contribution in [0.5, 0.6) is 11.5 Å². The number of benzene rings is 2. The molecule has 2 aromatic carbocycles. The van der Waals surface area contributed by atoms with Crippen LogP contribution >= 0.6 is 27.7 Å². The fourth-order valence-corrected chi connectivity index (χ4v) is 5.13. The van der Waals surface area contributed by atoms with E-state index in [1.165, 1.54) is 17.3 Å². The predicted octanol–water partition coefficient (Wildman–Crippen LogP) is 6.43. The summed E-state index contributed by atoms with van der Waals surface area (Å²) in [6.07, 6.45) is 1.88. The van der Waals surface area contributed by atoms with Crippen molar-refractivity contribution in [3.05, 3.63) is 62.5 Å². The predicted molar refractivity (Wildman–Crippen MR) is 136 cm³/mol. The second-order valence-electron chi connectivity index (χ2n) is 8.20. The summed E-state index contributed by atoms with van der Waals surface area (Å²) in [5.74, 6) is 1.21. The number of thioether (sulfide) groups is 1. The van der Waals surface area contributed by atoms with Gasteiger partial charge in [-0.1, -0.05) is 29.8 Å². The number of hydrogen-bond donors (Lipinski definition) is 0. The van der Waals surface area contributed by atoms with Crippen LogP contribution in [0.4, 0.5) is 0 Å². The third-order valence-electron chi connectivity index (χ3n) is 4.74. The van der Waals surface area contributed by atoms with Crippen molar-refractivity contribution in [1.82, 2.24) is 4.90 Å². The maximum absolute atomic E-state index is 13.0. The van der Waals surface area contributed by atoms with Gasteiger partial charge in [-0.3, -0.25) is 14.7 Å². The lowest BCUT2D eigenvalue weighted by atomic mass is 10.1. The Hall–Kier alpha value is -2.25. The van der Waals surface area contributed by atoms with Crippen molar-refractivity contribution in [3.8, 4) is 11.5 Å². The molecule has 1 aliphatic heterocycles. The first-order chi connectivity index (χ1) is 15.2. The van der Waals surface area contributed by atoms with E-state index in [1.807, 2.05) is 58.0 Å². The van der Waals surface area contributed by atoms with E-state index in [-0.39, 0.29) is 18.0 Å². The number of hydrogen-bond acceptors (Lipinski definition) is 5. The van der Waals surface area contributed by atoms with Gasteiger partial charge in [0.25, 0.3) is 5.91 Å². The molecule has 1 amide bonds. The standard InChI is InChI=1S/C25H29BrN2O3S/c1-15(2)27-25-28(16(3)4)24(29)22(32-25)13-19-11-20(26)23(21(12-19)30-6)31-14-18-9-7-8-17(5)10-18/h7-13,15-16H,14H2,1-6H3/b22-13+,27-25?. The lowest BCUT2D eigenvalue weighted by molar-refractivity contribution is -0.123. The largest absolute Gasteiger partial charge is 0.493 e. The number of carbonyl (C=O) groups is 1. The Morgan fingerprint density at radius 1 is 1.19 bits per heavy atom. The zero-order valence-corrected chi connectivity index (χ0v) is 21.7. The maximum atomic E-state index is 13.0. The molecule has 7 heteroatoms. The molecule has 1 fully saturated rings. The Balaban J connectivity index is 1.88. The van der Waals surface area contributed by atoms with E-state index in [9.17, 15) is 4.79 Å². The van der Waals surface area contributed by atoms with Gasteiger partial charge in [-0.15, -0.1) is 0 Å². The molecule has 170 valence electrons. The molecule has 0 radical (unpaired) electrons. The summed E-state index contributed by atoms with van der Waals surface area (Å²) in [5.41, 5.74) is 3.12. The molecule has 0 unspecified atom stereocenters. The van der Waals surface area contributed by atoms with E-state index in [0.29, 0.717) is 23.0 Å². The minimum absolute atomic E-state index is 0.0285. The monoisotopic (exact) mass is 516 g/mol. The molecule has 0 N–H and O–H groups in total. The summed E-state index contributed by atoms with van der Waals surface area (Å²) in [7, 11) is 1.61. The molecule has 0 aliphatic carbocycles. The highest BCUT2D eigenvalue weighted by Crippen LogP contribution is 2.40. The summed E-state index contributed by atoms with van der Waals surface area (Å²) in [4.78, 5) is 20.1. The number of methoxy groups -OCH3 is 1. The Morgan fingerprint density at radius 3 is 2.56 bits per heavy atom. The lowest BCUT2D eigenvalue weighted by Gasteiger charge is -2.20. The van der Waals surface area contributed by atoms with E-state index >= 15 is 0 Å². The fraction of sp³-hybridized carbons (Fsp3) is 0.360. The number of amidine groups is 1. The van der Waals surface area contributed by atoms with Crippen LogP contribution < -0.4 is 9.47 Å². The third kappa shape index (κ3) is 5.75. The van der Waals surface area contributed by atoms with Gasteiger partial charge in [-0.2, -0.15) is 0 Å². The number of amides is 1. The van der Waals surface area contributed by atoms with Gasteiger partial charge >= 0.3 is 0 Å². The number of nitrogens with zero attached hydrogens (tertiary/aromatic N) is 2. The molecule has 2 aromatic rings. The van der Waals surface area contributed by atoms with Crippen LogP contribution in [0.15, 0.2) is 50.8 Å². The molecule has 1 aliphatic rings. The van der Waals surface area contributed by atoms with Gasteiger partial charge < -0.3 is 9.47 Å². The summed E-state index contributed by atoms with van der Waals surface area (Å²) < 4.78 is 12.4. The van der Waals surface area contributed by atoms with E-state index < -0.39 is 0 Å². The van der Waals surface area contributed by atoms with Crippen molar-refractivity contribution in [2.24, 2.45) is 4.99 Å². The normalized spacial score (nSPS) is 16.7. The summed E-state index contributed by atoms with van der Waals surface area (Å²) in [6, 6.07) is 12.2. The third-order valence-corrected chi connectivity index (χ3v) is 6.32. The smallest absolute Gasteiger partial charge is 0.266 e. The molecule has 0 spiro atoms. The first kappa shape index (κ1) is 24.4. The van der Waals surface area contributed by atoms with E-state index in [1.54, 1.807) is 12.0 Å². The van der Waals surface area contributed by atoms with Gasteiger partial charge in [-0.25, -0.2) is 0 Å². The van der Waals surface area contributed by atoms with Crippen molar-refractivity contribution < 1.29 is 14.3 Å². The van der Waals surface area contributed by atoms with Crippen molar-refractivity contribution in [2.75, 3.05) is 7.11 Å². The summed E-state index contributed by atoms with van der Waals surface area (Å²) >= 11 is 5.02. The Morgan fingerprint density at radius 2 is 1.94 bits per heavy atom. The SMILES string of the molecule is COc1cc(/C=C2/SC(=NC(C)C)N(C(C)C)C2=O)cc(Br)c1OCc1cccc(C)c1. The second kappa shape index (κ2) is 10.6. The molecular weight excluding hydrogens is 488 g/mol. The Labute approximate surface area is 203 Å². The molecule has 0 saturated carbocycles. The lowest BCUT2D eigenvalue weighted by Crippen LogP contribution is -2.35. The Kier molecular flexibility index (Phi) is 8.06. The number of rotatable bonds is 7. The highest BCUT2D eigenvalue weighted by Gasteiger charge is 2.35. The number of halogens is 1. The first-order valence-electron chi connectivity index (χ1n) is 10.6. The average Bonchev–Trinajstić information content (AvgIpc) is 3.01. The molecule has 0 bridgehead atoms. The molecule has 3 rings (SSSR count). The molecular formula is C25H29BrN2O3S. The summed E-state index contributed by atoms with van der Waals surface area (Å²) in [5, 5.41) is 0.746. The van der Waals surface area contributed by atoms with Gasteiger partial charge in [-0.05, 0) is 91.6 Å². The highest BCUT2D eigenvalue weighted by molar-refractivity contribution is 9.10. The summed E-state index contributed by atoms with van der Waals surface area (Å²) in [6.45, 7) is 10.5. The molecule has 0 aromatic heterocycles. The number of aryl methyl sites for hydroxylation is 1. The fourth-order valence-electron chi connectivity index (χ4n) is 3.32. The number of ether oxygens (including phenoxy) is 2. The average molecular weight is 517 g/mol. The minimum Gasteiger partial charge on any atom is -0.493 e. The molecule has 0 atom stereocenters. The molecule has 1 heterocycles. The van der Waals surface area contributed by atoms with Gasteiger partial charge in [0.15, 0.2) is 16.7 Å². The van der Waals surface area contributed by atoms with Crippen molar-refractivity contribution in [3.63, 3.8) is 0 Å². The van der Waals surface area contributed by atoms with Gasteiger partial charge in [0, 0.05) is 12.1 Å². The van der Waals surface area contributed by atoms with Crippen LogP contribution in [0.25, 0.3) is 6.08 Å². The van der Waals surface area contributed by atoms with Crippen LogP contribution in [0, 0.1) is 6.92 Å². The van der Waals surface area contributed by atoms with Gasteiger partial charge in [0.2, 0.25) is 0 Å². The van der Waals surface area contributed by atoms with E-state index in [0.717, 1.165) is 20.8 Å². The number of aliphatic imine (C=N–C) groups is 1. The van der Waals surface area contributed by atoms with Gasteiger partial charge in [0.05, 0.1) is 16.5 Å². The van der Waals surface area contributed by atoms with Crippen molar-refractivity contribution in [2.45, 2.75) is 53.3 Å².